The van der Waals surface area contributed by atoms with E-state index in [1.54, 1.807) is 34.5 Å². The summed E-state index contributed by atoms with van der Waals surface area (Å²) in [6, 6.07) is 9.68. The van der Waals surface area contributed by atoms with Crippen LogP contribution in [0.25, 0.3) is 0 Å². The van der Waals surface area contributed by atoms with E-state index in [1.807, 2.05) is 13.8 Å². The Morgan fingerprint density at radius 1 is 1.09 bits per heavy atom. The zero-order valence-electron chi connectivity index (χ0n) is 19.2. The monoisotopic (exact) mass is 496 g/mol. The highest BCUT2D eigenvalue weighted by Crippen LogP contribution is 2.26. The Bertz CT molecular complexity index is 1240. The van der Waals surface area contributed by atoms with Crippen LogP contribution in [0.2, 0.25) is 0 Å². The number of likely N-dealkylation sites (tertiary alicyclic amines) is 1. The zero-order valence-corrected chi connectivity index (χ0v) is 20.0. The smallest absolute Gasteiger partial charge is 0.309 e. The van der Waals surface area contributed by atoms with Gasteiger partial charge in [0.15, 0.2) is 5.13 Å². The molecule has 2 aromatic heterocycles. The molecule has 0 saturated carbocycles. The molecule has 1 aliphatic heterocycles. The first-order valence-corrected chi connectivity index (χ1v) is 11.9. The summed E-state index contributed by atoms with van der Waals surface area (Å²) < 4.78 is 11.5. The molecule has 1 aromatic carbocycles. The number of anilines is 1. The predicted molar refractivity (Wildman–Crippen MR) is 128 cm³/mol. The molecule has 2 amide bonds. The predicted octanol–water partition coefficient (Wildman–Crippen LogP) is 3.84. The lowest BCUT2D eigenvalue weighted by molar-refractivity contribution is -0.136. The molecule has 1 fully saturated rings. The number of hydrogen-bond acceptors (Lipinski definition) is 8. The highest BCUT2D eigenvalue weighted by molar-refractivity contribution is 7.14. The van der Waals surface area contributed by atoms with Gasteiger partial charge in [-0.1, -0.05) is 0 Å². The molecule has 0 spiro atoms. The molecule has 3 heterocycles. The number of aromatic nitrogens is 2. The summed E-state index contributed by atoms with van der Waals surface area (Å²) in [5.74, 6) is -0.696. The fourth-order valence-electron chi connectivity index (χ4n) is 3.22. The minimum absolute atomic E-state index is 0.0130. The maximum absolute atomic E-state index is 12.9. The van der Waals surface area contributed by atoms with Crippen molar-refractivity contribution >= 4 is 34.3 Å². The number of carboxylic acids is 1. The Morgan fingerprint density at radius 3 is 2.43 bits per heavy atom. The van der Waals surface area contributed by atoms with Gasteiger partial charge in [0.1, 0.15) is 5.75 Å². The number of carbonyl (C=O) groups excluding carboxylic acids is 2. The van der Waals surface area contributed by atoms with Crippen LogP contribution in [-0.4, -0.2) is 57.0 Å². The molecular weight excluding hydrogens is 472 g/mol. The minimum atomic E-state index is -1.00. The standard InChI is InChI=1S/C24H24N4O6S/c1-14(2)33-19-10-16(22(31)27-24-25-17(13-35-24)12-21(29)30)11-20(26-19)34-18-6-4-15(5-7-18)23(32)28-8-3-9-28/h4-7,10-11,13-14H,3,8-9,12H2,1-2H3,(H,29,30)(H,25,27,31). The van der Waals surface area contributed by atoms with E-state index in [0.717, 1.165) is 30.8 Å². The first kappa shape index (κ1) is 24.1. The Kier molecular flexibility index (Phi) is 7.25. The van der Waals surface area contributed by atoms with E-state index in [0.29, 0.717) is 17.0 Å². The van der Waals surface area contributed by atoms with Crippen molar-refractivity contribution in [2.24, 2.45) is 0 Å². The van der Waals surface area contributed by atoms with Crippen molar-refractivity contribution in [1.82, 2.24) is 14.9 Å². The van der Waals surface area contributed by atoms with Crippen LogP contribution < -0.4 is 14.8 Å². The van der Waals surface area contributed by atoms with Crippen LogP contribution in [0.5, 0.6) is 17.5 Å². The van der Waals surface area contributed by atoms with Gasteiger partial charge in [-0.25, -0.2) is 4.98 Å². The molecule has 10 nitrogen and oxygen atoms in total. The maximum Gasteiger partial charge on any atom is 0.309 e. The number of benzene rings is 1. The summed E-state index contributed by atoms with van der Waals surface area (Å²) in [5, 5.41) is 13.4. The molecular formula is C24H24N4O6S. The van der Waals surface area contributed by atoms with Crippen LogP contribution in [0.1, 0.15) is 46.7 Å². The number of carboxylic acid groups (broad SMARTS) is 1. The summed E-state index contributed by atoms with van der Waals surface area (Å²) in [5.41, 5.74) is 1.16. The third-order valence-corrected chi connectivity index (χ3v) is 5.78. The molecule has 1 saturated heterocycles. The molecule has 11 heteroatoms. The molecule has 0 unspecified atom stereocenters. The number of nitrogens with one attached hydrogen (secondary N) is 1. The summed E-state index contributed by atoms with van der Waals surface area (Å²) in [7, 11) is 0. The third kappa shape index (κ3) is 6.33. The number of amides is 2. The summed E-state index contributed by atoms with van der Waals surface area (Å²) >= 11 is 1.13. The average Bonchev–Trinajstić information content (AvgIpc) is 3.18. The van der Waals surface area contributed by atoms with Crippen molar-refractivity contribution in [2.75, 3.05) is 18.4 Å². The van der Waals surface area contributed by atoms with Crippen LogP contribution >= 0.6 is 11.3 Å². The van der Waals surface area contributed by atoms with E-state index < -0.39 is 11.9 Å². The molecule has 4 rings (SSSR count). The van der Waals surface area contributed by atoms with Gasteiger partial charge in [-0.2, -0.15) is 4.98 Å². The van der Waals surface area contributed by atoms with E-state index in [4.69, 9.17) is 14.6 Å². The summed E-state index contributed by atoms with van der Waals surface area (Å²) in [6.45, 7) is 5.22. The van der Waals surface area contributed by atoms with Crippen molar-refractivity contribution < 1.29 is 29.0 Å². The molecule has 1 aliphatic rings. The quantitative estimate of drug-likeness (QED) is 0.457. The van der Waals surface area contributed by atoms with Crippen molar-refractivity contribution in [1.29, 1.82) is 0 Å². The van der Waals surface area contributed by atoms with E-state index in [2.05, 4.69) is 15.3 Å². The fourth-order valence-corrected chi connectivity index (χ4v) is 3.93. The number of pyridine rings is 1. The van der Waals surface area contributed by atoms with Gasteiger partial charge < -0.3 is 19.5 Å². The second kappa shape index (κ2) is 10.5. The third-order valence-electron chi connectivity index (χ3n) is 4.97. The van der Waals surface area contributed by atoms with Crippen molar-refractivity contribution in [2.45, 2.75) is 32.8 Å². The van der Waals surface area contributed by atoms with Crippen molar-refractivity contribution in [3.05, 3.63) is 58.6 Å². The molecule has 0 bridgehead atoms. The van der Waals surface area contributed by atoms with E-state index in [-0.39, 0.29) is 40.9 Å². The van der Waals surface area contributed by atoms with E-state index >= 15 is 0 Å². The molecule has 3 aromatic rings. The van der Waals surface area contributed by atoms with Gasteiger partial charge in [0.2, 0.25) is 11.8 Å². The Morgan fingerprint density at radius 2 is 1.80 bits per heavy atom. The van der Waals surface area contributed by atoms with Gasteiger partial charge in [0.25, 0.3) is 11.8 Å². The normalized spacial score (nSPS) is 12.7. The van der Waals surface area contributed by atoms with Crippen molar-refractivity contribution in [3.8, 4) is 17.5 Å². The number of rotatable bonds is 9. The fraction of sp³-hybridized carbons (Fsp3) is 0.292. The first-order valence-electron chi connectivity index (χ1n) is 11.0. The zero-order chi connectivity index (χ0) is 24.9. The van der Waals surface area contributed by atoms with Gasteiger partial charge in [-0.15, -0.1) is 11.3 Å². The van der Waals surface area contributed by atoms with Crippen LogP contribution in [0.15, 0.2) is 41.8 Å². The lowest BCUT2D eigenvalue weighted by Gasteiger charge is -2.30. The Hall–Kier alpha value is -3.99. The topological polar surface area (TPSA) is 131 Å². The van der Waals surface area contributed by atoms with Crippen LogP contribution in [0.4, 0.5) is 5.13 Å². The number of nitrogens with zero attached hydrogens (tertiary/aromatic N) is 3. The van der Waals surface area contributed by atoms with Gasteiger partial charge in [-0.3, -0.25) is 19.7 Å². The molecule has 0 radical (unpaired) electrons. The van der Waals surface area contributed by atoms with Crippen LogP contribution in [-0.2, 0) is 11.2 Å². The minimum Gasteiger partial charge on any atom is -0.481 e. The highest BCUT2D eigenvalue weighted by atomic mass is 32.1. The number of carbonyl (C=O) groups is 3. The maximum atomic E-state index is 12.9. The van der Waals surface area contributed by atoms with E-state index in [1.165, 1.54) is 12.1 Å². The molecule has 182 valence electrons. The Balaban J connectivity index is 1.51. The number of ether oxygens (including phenoxy) is 2. The largest absolute Gasteiger partial charge is 0.481 e. The van der Waals surface area contributed by atoms with Gasteiger partial charge in [-0.05, 0) is 44.5 Å². The molecule has 0 atom stereocenters. The van der Waals surface area contributed by atoms with Crippen molar-refractivity contribution in [3.63, 3.8) is 0 Å². The Labute approximate surface area is 205 Å². The SMILES string of the molecule is CC(C)Oc1cc(C(=O)Nc2nc(CC(=O)O)cs2)cc(Oc2ccc(C(=O)N3CCC3)cc2)n1. The van der Waals surface area contributed by atoms with Gasteiger partial charge in [0.05, 0.1) is 23.8 Å². The van der Waals surface area contributed by atoms with Gasteiger partial charge in [0, 0.05) is 36.2 Å². The molecule has 0 aliphatic carbocycles. The second-order valence-corrected chi connectivity index (χ2v) is 9.00. The molecule has 2 N–H and O–H groups in total. The van der Waals surface area contributed by atoms with E-state index in [9.17, 15) is 14.4 Å². The van der Waals surface area contributed by atoms with Crippen LogP contribution in [0, 0.1) is 0 Å². The number of aliphatic carboxylic acids is 1. The second-order valence-electron chi connectivity index (χ2n) is 8.14. The number of hydrogen-bond donors (Lipinski definition) is 2. The average molecular weight is 497 g/mol. The lowest BCUT2D eigenvalue weighted by Crippen LogP contribution is -2.41. The number of thiazole rings is 1. The highest BCUT2D eigenvalue weighted by Gasteiger charge is 2.21. The molecule has 35 heavy (non-hydrogen) atoms. The first-order chi connectivity index (χ1) is 16.8. The van der Waals surface area contributed by atoms with Crippen LogP contribution in [0.3, 0.4) is 0 Å². The summed E-state index contributed by atoms with van der Waals surface area (Å²) in [6.07, 6.45) is 0.613. The van der Waals surface area contributed by atoms with Gasteiger partial charge >= 0.3 is 5.97 Å². The lowest BCUT2D eigenvalue weighted by atomic mass is 10.1. The summed E-state index contributed by atoms with van der Waals surface area (Å²) in [4.78, 5) is 46.3.